The molecule has 1 rings (SSSR count). The Morgan fingerprint density at radius 1 is 1.56 bits per heavy atom. The Morgan fingerprint density at radius 2 is 2.33 bits per heavy atom. The number of nitrogens with one attached hydrogen (secondary N) is 1. The predicted octanol–water partition coefficient (Wildman–Crippen LogP) is 0.942. The lowest BCUT2D eigenvalue weighted by molar-refractivity contribution is 0.625. The first-order valence-electron chi connectivity index (χ1n) is 2.80. The van der Waals surface area contributed by atoms with E-state index in [0.717, 1.165) is 0 Å². The Kier molecular flexibility index (Phi) is 1.27. The zero-order valence-corrected chi connectivity index (χ0v) is 5.26. The minimum absolute atomic E-state index is 0.491. The number of allylic oxidation sites excluding steroid dienone is 2. The average Bonchev–Trinajstić information content (AvgIpc) is 1.90. The molecule has 46 valence electrons. The third-order valence-electron chi connectivity index (χ3n) is 1.25. The third-order valence-corrected chi connectivity index (χ3v) is 1.25. The van der Waals surface area contributed by atoms with Gasteiger partial charge in [0.25, 0.3) is 0 Å². The van der Waals surface area contributed by atoms with Crippen LogP contribution in [0, 0.1) is 11.3 Å². The average molecular weight is 120 g/mol. The van der Waals surface area contributed by atoms with Crippen molar-refractivity contribution in [3.05, 3.63) is 24.4 Å². The Morgan fingerprint density at radius 3 is 2.67 bits per heavy atom. The van der Waals surface area contributed by atoms with Crippen LogP contribution in [-0.2, 0) is 0 Å². The zero-order chi connectivity index (χ0) is 6.74. The van der Waals surface area contributed by atoms with Crippen molar-refractivity contribution in [1.82, 2.24) is 5.32 Å². The van der Waals surface area contributed by atoms with Crippen LogP contribution in [0.4, 0.5) is 0 Å². The Bertz CT molecular complexity index is 197. The summed E-state index contributed by atoms with van der Waals surface area (Å²) in [6, 6.07) is 2.13. The summed E-state index contributed by atoms with van der Waals surface area (Å²) >= 11 is 0. The molecule has 1 unspecified atom stereocenters. The molecule has 0 fully saturated rings. The molecule has 1 heterocycles. The standard InChI is InChI=1S/C7H8N2/c1-7(6-8)4-2-3-5-9-7/h2-5,9H,1H3. The van der Waals surface area contributed by atoms with Gasteiger partial charge in [-0.2, -0.15) is 5.26 Å². The summed E-state index contributed by atoms with van der Waals surface area (Å²) in [7, 11) is 0. The molecule has 9 heavy (non-hydrogen) atoms. The van der Waals surface area contributed by atoms with Crippen LogP contribution in [0.1, 0.15) is 6.92 Å². The first-order valence-corrected chi connectivity index (χ1v) is 2.80. The SMILES string of the molecule is CC1(C#N)C=CC=CN1. The molecule has 0 aromatic heterocycles. The van der Waals surface area contributed by atoms with E-state index in [2.05, 4.69) is 11.4 Å². The molecule has 0 bridgehead atoms. The summed E-state index contributed by atoms with van der Waals surface area (Å²) in [6.07, 6.45) is 7.31. The smallest absolute Gasteiger partial charge is 0.141 e. The van der Waals surface area contributed by atoms with Crippen molar-refractivity contribution in [3.8, 4) is 6.07 Å². The van der Waals surface area contributed by atoms with Gasteiger partial charge in [0.15, 0.2) is 0 Å². The summed E-state index contributed by atoms with van der Waals surface area (Å²) in [6.45, 7) is 1.83. The van der Waals surface area contributed by atoms with Gasteiger partial charge < -0.3 is 5.32 Å². The lowest BCUT2D eigenvalue weighted by Crippen LogP contribution is -2.35. The number of nitrogens with zero attached hydrogens (tertiary/aromatic N) is 1. The van der Waals surface area contributed by atoms with Gasteiger partial charge in [-0.05, 0) is 25.3 Å². The summed E-state index contributed by atoms with van der Waals surface area (Å²) < 4.78 is 0. The molecule has 2 heteroatoms. The van der Waals surface area contributed by atoms with E-state index in [1.165, 1.54) is 0 Å². The second-order valence-corrected chi connectivity index (χ2v) is 2.18. The Hall–Kier alpha value is -1.23. The van der Waals surface area contributed by atoms with Gasteiger partial charge >= 0.3 is 0 Å². The van der Waals surface area contributed by atoms with Crippen molar-refractivity contribution in [2.75, 3.05) is 0 Å². The van der Waals surface area contributed by atoms with Gasteiger partial charge in [-0.25, -0.2) is 0 Å². The molecule has 0 amide bonds. The van der Waals surface area contributed by atoms with Crippen LogP contribution in [-0.4, -0.2) is 5.54 Å². The fourth-order valence-corrected chi connectivity index (χ4v) is 0.642. The first kappa shape index (κ1) is 5.90. The number of dihydropyridines is 1. The van der Waals surface area contributed by atoms with Crippen molar-refractivity contribution >= 4 is 0 Å². The summed E-state index contributed by atoms with van der Waals surface area (Å²) in [5.41, 5.74) is -0.491. The van der Waals surface area contributed by atoms with Crippen LogP contribution in [0.3, 0.4) is 0 Å². The largest absolute Gasteiger partial charge is 0.370 e. The first-order chi connectivity index (χ1) is 4.27. The number of hydrogen-bond acceptors (Lipinski definition) is 2. The van der Waals surface area contributed by atoms with Crippen LogP contribution in [0.5, 0.6) is 0 Å². The highest BCUT2D eigenvalue weighted by molar-refractivity contribution is 5.26. The second kappa shape index (κ2) is 1.94. The molecule has 1 aliphatic rings. The maximum Gasteiger partial charge on any atom is 0.141 e. The highest BCUT2D eigenvalue weighted by Gasteiger charge is 2.17. The highest BCUT2D eigenvalue weighted by Crippen LogP contribution is 2.06. The van der Waals surface area contributed by atoms with Gasteiger partial charge in [-0.1, -0.05) is 6.08 Å². The fourth-order valence-electron chi connectivity index (χ4n) is 0.642. The van der Waals surface area contributed by atoms with E-state index in [-0.39, 0.29) is 0 Å². The molecule has 1 aliphatic heterocycles. The summed E-state index contributed by atoms with van der Waals surface area (Å²) in [4.78, 5) is 0. The second-order valence-electron chi connectivity index (χ2n) is 2.18. The molecule has 0 aliphatic carbocycles. The molecule has 0 aromatic rings. The van der Waals surface area contributed by atoms with Crippen molar-refractivity contribution in [2.45, 2.75) is 12.5 Å². The van der Waals surface area contributed by atoms with Crippen LogP contribution in [0.2, 0.25) is 0 Å². The monoisotopic (exact) mass is 120 g/mol. The van der Waals surface area contributed by atoms with E-state index in [1.54, 1.807) is 6.20 Å². The van der Waals surface area contributed by atoms with Crippen molar-refractivity contribution in [1.29, 1.82) is 5.26 Å². The van der Waals surface area contributed by atoms with Crippen LogP contribution in [0.25, 0.3) is 0 Å². The van der Waals surface area contributed by atoms with Crippen molar-refractivity contribution in [2.24, 2.45) is 0 Å². The van der Waals surface area contributed by atoms with Gasteiger partial charge in [-0.15, -0.1) is 0 Å². The number of hydrogen-bond donors (Lipinski definition) is 1. The Balaban J connectivity index is 2.77. The van der Waals surface area contributed by atoms with Crippen LogP contribution >= 0.6 is 0 Å². The molecule has 0 aromatic carbocycles. The predicted molar refractivity (Wildman–Crippen MR) is 35.4 cm³/mol. The maximum absolute atomic E-state index is 8.55. The zero-order valence-electron chi connectivity index (χ0n) is 5.26. The van der Waals surface area contributed by atoms with Crippen molar-refractivity contribution in [3.63, 3.8) is 0 Å². The van der Waals surface area contributed by atoms with Gasteiger partial charge in [0.05, 0.1) is 6.07 Å². The molecule has 0 saturated carbocycles. The van der Waals surface area contributed by atoms with E-state index in [1.807, 2.05) is 25.2 Å². The summed E-state index contributed by atoms with van der Waals surface area (Å²) in [5, 5.41) is 11.5. The molecular formula is C7H8N2. The normalized spacial score (nSPS) is 31.1. The molecule has 0 spiro atoms. The molecule has 0 radical (unpaired) electrons. The lowest BCUT2D eigenvalue weighted by atomic mass is 10.0. The summed E-state index contributed by atoms with van der Waals surface area (Å²) in [5.74, 6) is 0. The van der Waals surface area contributed by atoms with E-state index < -0.39 is 5.54 Å². The van der Waals surface area contributed by atoms with E-state index in [4.69, 9.17) is 5.26 Å². The lowest BCUT2D eigenvalue weighted by Gasteiger charge is -2.19. The molecule has 0 saturated heterocycles. The fraction of sp³-hybridized carbons (Fsp3) is 0.286. The van der Waals surface area contributed by atoms with Gasteiger partial charge in [0.1, 0.15) is 5.54 Å². The van der Waals surface area contributed by atoms with E-state index >= 15 is 0 Å². The molecular weight excluding hydrogens is 112 g/mol. The third kappa shape index (κ3) is 1.11. The van der Waals surface area contributed by atoms with Gasteiger partial charge in [0, 0.05) is 0 Å². The maximum atomic E-state index is 8.55. The minimum atomic E-state index is -0.491. The van der Waals surface area contributed by atoms with Crippen molar-refractivity contribution < 1.29 is 0 Å². The van der Waals surface area contributed by atoms with Crippen LogP contribution < -0.4 is 5.32 Å². The Labute approximate surface area is 54.5 Å². The number of nitriles is 1. The minimum Gasteiger partial charge on any atom is -0.370 e. The number of rotatable bonds is 0. The van der Waals surface area contributed by atoms with Gasteiger partial charge in [-0.3, -0.25) is 0 Å². The quantitative estimate of drug-likeness (QED) is 0.516. The topological polar surface area (TPSA) is 35.8 Å². The van der Waals surface area contributed by atoms with E-state index in [9.17, 15) is 0 Å². The highest BCUT2D eigenvalue weighted by atomic mass is 14.9. The van der Waals surface area contributed by atoms with Crippen LogP contribution in [0.15, 0.2) is 24.4 Å². The molecule has 1 atom stereocenters. The molecule has 1 N–H and O–H groups in total. The van der Waals surface area contributed by atoms with Gasteiger partial charge in [0.2, 0.25) is 0 Å². The van der Waals surface area contributed by atoms with E-state index in [0.29, 0.717) is 0 Å². The molecule has 2 nitrogen and oxygen atoms in total.